The molecule has 0 bridgehead atoms. The predicted octanol–water partition coefficient (Wildman–Crippen LogP) is 5.10. The van der Waals surface area contributed by atoms with Crippen molar-refractivity contribution >= 4 is 11.3 Å². The Morgan fingerprint density at radius 3 is 2.47 bits per heavy atom. The van der Waals surface area contributed by atoms with Gasteiger partial charge in [-0.15, -0.1) is 11.3 Å². The van der Waals surface area contributed by atoms with E-state index in [1.54, 1.807) is 30.3 Å². The zero-order valence-electron chi connectivity index (χ0n) is 19.4. The number of H-pyrrole nitrogens is 2. The lowest BCUT2D eigenvalue weighted by molar-refractivity contribution is -0.135. The summed E-state index contributed by atoms with van der Waals surface area (Å²) in [6.45, 7) is 2.35. The number of aromatic amines is 2. The summed E-state index contributed by atoms with van der Waals surface area (Å²) in [7, 11) is 0. The van der Waals surface area contributed by atoms with Crippen molar-refractivity contribution in [2.45, 2.75) is 45.2 Å². The summed E-state index contributed by atoms with van der Waals surface area (Å²) in [5, 5.41) is 9.45. The van der Waals surface area contributed by atoms with Crippen LogP contribution in [0.3, 0.4) is 0 Å². The van der Waals surface area contributed by atoms with Crippen LogP contribution < -0.4 is 16.0 Å². The number of aromatic nitrogens is 5. The molecule has 8 nitrogen and oxygen atoms in total. The maximum atomic E-state index is 13.1. The lowest BCUT2D eigenvalue weighted by atomic mass is 10.1. The fourth-order valence-electron chi connectivity index (χ4n) is 3.69. The number of tetrazole rings is 1. The number of nitrogens with one attached hydrogen (secondary N) is 2. The Hall–Kier alpha value is -3.67. The molecule has 0 atom stereocenters. The third-order valence-corrected chi connectivity index (χ3v) is 6.77. The summed E-state index contributed by atoms with van der Waals surface area (Å²) in [5.74, 6) is 0.578. The van der Waals surface area contributed by atoms with E-state index in [4.69, 9.17) is 4.74 Å². The zero-order chi connectivity index (χ0) is 25.7. The molecular formula is C24H24F3N5O3S. The Kier molecular flexibility index (Phi) is 7.73. The highest BCUT2D eigenvalue weighted by Crippen LogP contribution is 2.33. The maximum absolute atomic E-state index is 13.1. The normalized spacial score (nSPS) is 11.7. The Labute approximate surface area is 207 Å². The first-order valence-corrected chi connectivity index (χ1v) is 12.2. The van der Waals surface area contributed by atoms with Gasteiger partial charge in [0.25, 0.3) is 5.56 Å². The average Bonchev–Trinajstić information content (AvgIpc) is 3.49. The molecule has 0 fully saturated rings. The van der Waals surface area contributed by atoms with Gasteiger partial charge in [0.15, 0.2) is 0 Å². The van der Waals surface area contributed by atoms with Crippen LogP contribution in [-0.2, 0) is 6.42 Å². The van der Waals surface area contributed by atoms with Crippen LogP contribution in [0.25, 0.3) is 27.4 Å². The minimum Gasteiger partial charge on any atom is -0.494 e. The highest BCUT2D eigenvalue weighted by Gasteiger charge is 2.25. The van der Waals surface area contributed by atoms with Crippen molar-refractivity contribution in [1.29, 1.82) is 0 Å². The van der Waals surface area contributed by atoms with Crippen molar-refractivity contribution in [2.75, 3.05) is 6.61 Å². The molecule has 3 heterocycles. The van der Waals surface area contributed by atoms with Gasteiger partial charge in [-0.05, 0) is 84.1 Å². The zero-order valence-corrected chi connectivity index (χ0v) is 20.2. The van der Waals surface area contributed by atoms with Crippen molar-refractivity contribution in [1.82, 2.24) is 25.2 Å². The first kappa shape index (κ1) is 25.4. The van der Waals surface area contributed by atoms with Gasteiger partial charge in [-0.2, -0.15) is 17.9 Å². The average molecular weight is 520 g/mol. The van der Waals surface area contributed by atoms with Gasteiger partial charge in [-0.3, -0.25) is 4.79 Å². The van der Waals surface area contributed by atoms with Crippen LogP contribution in [0, 0.1) is 0 Å². The predicted molar refractivity (Wildman–Crippen MR) is 131 cm³/mol. The molecule has 0 unspecified atom stereocenters. The summed E-state index contributed by atoms with van der Waals surface area (Å²) in [5.41, 5.74) is 0.768. The molecule has 2 N–H and O–H groups in total. The van der Waals surface area contributed by atoms with Crippen molar-refractivity contribution < 1.29 is 17.9 Å². The second kappa shape index (κ2) is 10.9. The monoisotopic (exact) mass is 519 g/mol. The van der Waals surface area contributed by atoms with Crippen molar-refractivity contribution in [2.24, 2.45) is 0 Å². The Morgan fingerprint density at radius 2 is 1.83 bits per heavy atom. The molecule has 0 saturated carbocycles. The topological polar surface area (TPSA) is 106 Å². The van der Waals surface area contributed by atoms with Gasteiger partial charge in [0.1, 0.15) is 11.4 Å². The fraction of sp³-hybridized carbons (Fsp3) is 0.333. The molecule has 0 spiro atoms. The second-order valence-corrected chi connectivity index (χ2v) is 9.28. The van der Waals surface area contributed by atoms with Crippen molar-refractivity contribution in [3.05, 3.63) is 68.2 Å². The lowest BCUT2D eigenvalue weighted by Crippen LogP contribution is -2.25. The minimum absolute atomic E-state index is 0.0764. The van der Waals surface area contributed by atoms with E-state index in [1.165, 1.54) is 11.3 Å². The van der Waals surface area contributed by atoms with Crippen LogP contribution in [-0.4, -0.2) is 38.0 Å². The van der Waals surface area contributed by atoms with Gasteiger partial charge in [0, 0.05) is 27.4 Å². The molecule has 190 valence electrons. The minimum atomic E-state index is -4.12. The van der Waals surface area contributed by atoms with Gasteiger partial charge in [-0.25, -0.2) is 9.89 Å². The first-order chi connectivity index (χ1) is 17.2. The summed E-state index contributed by atoms with van der Waals surface area (Å²) in [6, 6.07) is 12.7. The number of rotatable bonds is 10. The molecule has 4 rings (SSSR count). The van der Waals surface area contributed by atoms with Gasteiger partial charge in [0.05, 0.1) is 6.61 Å². The molecular weight excluding hydrogens is 495 g/mol. The van der Waals surface area contributed by atoms with E-state index in [0.29, 0.717) is 36.5 Å². The van der Waals surface area contributed by atoms with E-state index in [1.807, 2.05) is 19.1 Å². The molecule has 12 heteroatoms. The molecule has 0 aliphatic carbocycles. The van der Waals surface area contributed by atoms with E-state index in [0.717, 1.165) is 26.4 Å². The number of nitrogens with zero attached hydrogens (tertiary/aromatic N) is 3. The Balaban J connectivity index is 1.55. The van der Waals surface area contributed by atoms with E-state index in [2.05, 4.69) is 20.5 Å². The summed E-state index contributed by atoms with van der Waals surface area (Å²) in [4.78, 5) is 30.0. The number of unbranched alkanes of at least 4 members (excludes halogenated alkanes) is 2. The number of benzene rings is 1. The van der Waals surface area contributed by atoms with Gasteiger partial charge >= 0.3 is 11.9 Å². The number of hydrogen-bond donors (Lipinski definition) is 2. The highest BCUT2D eigenvalue weighted by molar-refractivity contribution is 7.15. The third kappa shape index (κ3) is 6.11. The van der Waals surface area contributed by atoms with Crippen LogP contribution >= 0.6 is 11.3 Å². The van der Waals surface area contributed by atoms with Crippen LogP contribution in [0.5, 0.6) is 5.75 Å². The smallest absolute Gasteiger partial charge is 0.389 e. The van der Waals surface area contributed by atoms with Crippen LogP contribution in [0.2, 0.25) is 0 Å². The molecule has 4 aromatic rings. The van der Waals surface area contributed by atoms with Crippen LogP contribution in [0.1, 0.15) is 37.5 Å². The van der Waals surface area contributed by atoms with Crippen LogP contribution in [0.15, 0.2) is 52.1 Å². The fourth-order valence-corrected chi connectivity index (χ4v) is 4.65. The number of thiophene rings is 1. The van der Waals surface area contributed by atoms with E-state index >= 15 is 0 Å². The molecule has 36 heavy (non-hydrogen) atoms. The lowest BCUT2D eigenvalue weighted by Gasteiger charge is -2.11. The number of aryl methyl sites for hydroxylation is 1. The Bertz CT molecular complexity index is 1420. The third-order valence-electron chi connectivity index (χ3n) is 5.51. The number of hydrogen-bond acceptors (Lipinski definition) is 6. The molecule has 0 amide bonds. The largest absolute Gasteiger partial charge is 0.494 e. The van der Waals surface area contributed by atoms with Gasteiger partial charge in [0.2, 0.25) is 0 Å². The molecule has 0 radical (unpaired) electrons. The van der Waals surface area contributed by atoms with E-state index in [9.17, 15) is 22.8 Å². The van der Waals surface area contributed by atoms with Gasteiger partial charge < -0.3 is 9.72 Å². The number of alkyl halides is 3. The summed E-state index contributed by atoms with van der Waals surface area (Å²) >= 11 is 1.53. The van der Waals surface area contributed by atoms with Crippen molar-refractivity contribution in [3.63, 3.8) is 0 Å². The van der Waals surface area contributed by atoms with Gasteiger partial charge in [-0.1, -0.05) is 6.92 Å². The maximum Gasteiger partial charge on any atom is 0.389 e. The molecule has 0 aliphatic rings. The summed E-state index contributed by atoms with van der Waals surface area (Å²) < 4.78 is 43.2. The Morgan fingerprint density at radius 1 is 1.06 bits per heavy atom. The standard InChI is InChI=1S/C24H24F3N5O3S/c1-2-17-10-11-20(36-17)18-14-19(28-22(33)21(18)32-23(34)29-30-31-32)15-6-8-16(9-7-15)35-13-5-3-4-12-24(25,26)27/h6-11,14H,2-5,12-13H2,1H3,(H,28,33)(H,29,31,34). The quantitative estimate of drug-likeness (QED) is 0.284. The molecule has 1 aromatic carbocycles. The van der Waals surface area contributed by atoms with E-state index < -0.39 is 23.8 Å². The number of pyridine rings is 1. The highest BCUT2D eigenvalue weighted by atomic mass is 32.1. The second-order valence-electron chi connectivity index (χ2n) is 8.11. The number of ether oxygens (including phenoxy) is 1. The molecule has 3 aromatic heterocycles. The van der Waals surface area contributed by atoms with E-state index in [-0.39, 0.29) is 12.1 Å². The molecule has 0 aliphatic heterocycles. The van der Waals surface area contributed by atoms with Crippen LogP contribution in [0.4, 0.5) is 13.2 Å². The SMILES string of the molecule is CCc1ccc(-c2cc(-c3ccc(OCCCCCC(F)(F)F)cc3)[nH]c(=O)c2-n2nn[nH]c2=O)s1. The first-order valence-electron chi connectivity index (χ1n) is 11.4. The summed E-state index contributed by atoms with van der Waals surface area (Å²) in [6.07, 6.45) is -3.02. The van der Waals surface area contributed by atoms with Crippen molar-refractivity contribution in [3.8, 4) is 33.1 Å². The number of halogens is 3. The molecule has 0 saturated heterocycles.